The fourth-order valence-corrected chi connectivity index (χ4v) is 4.18. The van der Waals surface area contributed by atoms with Crippen molar-refractivity contribution < 1.29 is 17.6 Å². The van der Waals surface area contributed by atoms with E-state index < -0.39 is 15.8 Å². The van der Waals surface area contributed by atoms with Gasteiger partial charge in [0.25, 0.3) is 15.9 Å². The van der Waals surface area contributed by atoms with E-state index in [0.29, 0.717) is 19.5 Å². The van der Waals surface area contributed by atoms with Gasteiger partial charge in [0.05, 0.1) is 5.69 Å². The number of para-hydroxylation sites is 1. The van der Waals surface area contributed by atoms with E-state index in [1.807, 2.05) is 13.8 Å². The standard InChI is InChI=1S/C18H23FN4O3S/c1-18(2)11-23(8-7-16(18)20)17(24)15-9-12(10-21-15)27(25,26)22-14-6-4-3-5-13(14)19/h3-6,9-10,16,21-22H,7-8,11,20H2,1-2H3. The van der Waals surface area contributed by atoms with Gasteiger partial charge in [-0.2, -0.15) is 0 Å². The lowest BCUT2D eigenvalue weighted by molar-refractivity contribution is 0.0528. The number of anilines is 1. The first-order valence-electron chi connectivity index (χ1n) is 8.61. The van der Waals surface area contributed by atoms with Gasteiger partial charge in [-0.3, -0.25) is 9.52 Å². The summed E-state index contributed by atoms with van der Waals surface area (Å²) >= 11 is 0. The Kier molecular flexibility index (Phi) is 5.00. The number of carbonyl (C=O) groups excluding carboxylic acids is 1. The predicted octanol–water partition coefficient (Wildman–Crippen LogP) is 2.15. The number of carbonyl (C=O) groups is 1. The number of rotatable bonds is 4. The van der Waals surface area contributed by atoms with Crippen LogP contribution in [0.2, 0.25) is 0 Å². The highest BCUT2D eigenvalue weighted by atomic mass is 32.2. The van der Waals surface area contributed by atoms with Gasteiger partial charge in [-0.15, -0.1) is 0 Å². The molecule has 7 nitrogen and oxygen atoms in total. The van der Waals surface area contributed by atoms with E-state index in [1.54, 1.807) is 4.90 Å². The minimum absolute atomic E-state index is 0.00565. The minimum Gasteiger partial charge on any atom is -0.356 e. The maximum Gasteiger partial charge on any atom is 0.270 e. The van der Waals surface area contributed by atoms with Crippen LogP contribution in [-0.2, 0) is 10.0 Å². The summed E-state index contributed by atoms with van der Waals surface area (Å²) in [5, 5.41) is 0. The van der Waals surface area contributed by atoms with Crippen molar-refractivity contribution in [2.24, 2.45) is 11.1 Å². The lowest BCUT2D eigenvalue weighted by Gasteiger charge is -2.42. The van der Waals surface area contributed by atoms with Crippen molar-refractivity contribution in [1.82, 2.24) is 9.88 Å². The van der Waals surface area contributed by atoms with Crippen LogP contribution >= 0.6 is 0 Å². The van der Waals surface area contributed by atoms with Gasteiger partial charge in [0.2, 0.25) is 0 Å². The molecular formula is C18H23FN4O3S. The Bertz CT molecular complexity index is 955. The van der Waals surface area contributed by atoms with E-state index in [0.717, 1.165) is 6.07 Å². The van der Waals surface area contributed by atoms with Crippen molar-refractivity contribution in [3.8, 4) is 0 Å². The molecule has 2 aromatic rings. The quantitative estimate of drug-likeness (QED) is 0.738. The van der Waals surface area contributed by atoms with Crippen molar-refractivity contribution in [1.29, 1.82) is 0 Å². The van der Waals surface area contributed by atoms with E-state index >= 15 is 0 Å². The number of piperidine rings is 1. The highest BCUT2D eigenvalue weighted by Crippen LogP contribution is 2.29. The fraction of sp³-hybridized carbons (Fsp3) is 0.389. The number of H-pyrrole nitrogens is 1. The molecule has 1 aromatic carbocycles. The molecule has 1 aliphatic heterocycles. The van der Waals surface area contributed by atoms with Crippen LogP contribution in [0.1, 0.15) is 30.8 Å². The van der Waals surface area contributed by atoms with Gasteiger partial charge in [-0.05, 0) is 30.0 Å². The number of hydrogen-bond acceptors (Lipinski definition) is 4. The van der Waals surface area contributed by atoms with Gasteiger partial charge in [0, 0.05) is 25.3 Å². The van der Waals surface area contributed by atoms with E-state index in [2.05, 4.69) is 9.71 Å². The van der Waals surface area contributed by atoms with Crippen molar-refractivity contribution in [2.45, 2.75) is 31.2 Å². The Morgan fingerprint density at radius 1 is 1.37 bits per heavy atom. The van der Waals surface area contributed by atoms with Crippen molar-refractivity contribution in [2.75, 3.05) is 17.8 Å². The van der Waals surface area contributed by atoms with Gasteiger partial charge >= 0.3 is 0 Å². The lowest BCUT2D eigenvalue weighted by atomic mass is 9.79. The molecule has 0 radical (unpaired) electrons. The molecule has 4 N–H and O–H groups in total. The van der Waals surface area contributed by atoms with Crippen LogP contribution < -0.4 is 10.5 Å². The van der Waals surface area contributed by atoms with Gasteiger partial charge in [0.1, 0.15) is 16.4 Å². The second-order valence-electron chi connectivity index (χ2n) is 7.44. The minimum atomic E-state index is -4.02. The van der Waals surface area contributed by atoms with Crippen LogP contribution in [0, 0.1) is 11.2 Å². The van der Waals surface area contributed by atoms with E-state index in [9.17, 15) is 17.6 Å². The van der Waals surface area contributed by atoms with Crippen LogP contribution in [0.5, 0.6) is 0 Å². The second kappa shape index (κ2) is 6.97. The first-order valence-corrected chi connectivity index (χ1v) is 10.1. The number of hydrogen-bond donors (Lipinski definition) is 3. The number of benzene rings is 1. The SMILES string of the molecule is CC1(C)CN(C(=O)c2cc(S(=O)(=O)Nc3ccccc3F)c[nH]2)CCC1N. The van der Waals surface area contributed by atoms with E-state index in [4.69, 9.17) is 5.73 Å². The maximum absolute atomic E-state index is 13.7. The number of aromatic nitrogens is 1. The van der Waals surface area contributed by atoms with E-state index in [-0.39, 0.29) is 33.6 Å². The number of halogens is 1. The Morgan fingerprint density at radius 3 is 2.74 bits per heavy atom. The lowest BCUT2D eigenvalue weighted by Crippen LogP contribution is -2.54. The molecule has 3 rings (SSSR count). The average molecular weight is 394 g/mol. The third kappa shape index (κ3) is 3.98. The van der Waals surface area contributed by atoms with Crippen molar-refractivity contribution in [3.05, 3.63) is 48.0 Å². The summed E-state index contributed by atoms with van der Waals surface area (Å²) in [7, 11) is -4.02. The topological polar surface area (TPSA) is 108 Å². The number of sulfonamides is 1. The molecule has 0 saturated carbocycles. The number of nitrogens with two attached hydrogens (primary N) is 1. The van der Waals surface area contributed by atoms with Crippen LogP contribution in [0.4, 0.5) is 10.1 Å². The molecule has 9 heteroatoms. The molecule has 27 heavy (non-hydrogen) atoms. The first-order chi connectivity index (χ1) is 12.6. The number of likely N-dealkylation sites (tertiary alicyclic amines) is 1. The Labute approximate surface area is 157 Å². The molecule has 1 atom stereocenters. The smallest absolute Gasteiger partial charge is 0.270 e. The van der Waals surface area contributed by atoms with Gasteiger partial charge in [-0.1, -0.05) is 26.0 Å². The van der Waals surface area contributed by atoms with Crippen LogP contribution in [0.25, 0.3) is 0 Å². The fourth-order valence-electron chi connectivity index (χ4n) is 3.12. The van der Waals surface area contributed by atoms with Gasteiger partial charge in [-0.25, -0.2) is 12.8 Å². The van der Waals surface area contributed by atoms with Crippen LogP contribution in [0.3, 0.4) is 0 Å². The second-order valence-corrected chi connectivity index (χ2v) is 9.13. The molecule has 2 heterocycles. The summed E-state index contributed by atoms with van der Waals surface area (Å²) in [6, 6.07) is 6.73. The zero-order valence-electron chi connectivity index (χ0n) is 15.2. The molecule has 1 fully saturated rings. The summed E-state index contributed by atoms with van der Waals surface area (Å²) in [6.07, 6.45) is 1.90. The third-order valence-corrected chi connectivity index (χ3v) is 6.26. The number of nitrogens with one attached hydrogen (secondary N) is 2. The third-order valence-electron chi connectivity index (χ3n) is 4.91. The van der Waals surface area contributed by atoms with Crippen molar-refractivity contribution >= 4 is 21.6 Å². The summed E-state index contributed by atoms with van der Waals surface area (Å²) in [5.74, 6) is -0.970. The van der Waals surface area contributed by atoms with Gasteiger partial charge in [0.15, 0.2) is 0 Å². The zero-order valence-corrected chi connectivity index (χ0v) is 16.0. The zero-order chi connectivity index (χ0) is 19.8. The first kappa shape index (κ1) is 19.4. The average Bonchev–Trinajstić information content (AvgIpc) is 3.09. The van der Waals surface area contributed by atoms with Gasteiger partial charge < -0.3 is 15.6 Å². The largest absolute Gasteiger partial charge is 0.356 e. The Balaban J connectivity index is 1.78. The Hall–Kier alpha value is -2.39. The normalized spacial score (nSPS) is 19.7. The summed E-state index contributed by atoms with van der Waals surface area (Å²) in [5.41, 5.74) is 5.88. The molecule has 1 amide bonds. The summed E-state index contributed by atoms with van der Waals surface area (Å²) in [4.78, 5) is 17.0. The molecule has 1 unspecified atom stereocenters. The molecule has 1 saturated heterocycles. The van der Waals surface area contributed by atoms with Crippen LogP contribution in [-0.4, -0.2) is 43.3 Å². The highest BCUT2D eigenvalue weighted by Gasteiger charge is 2.36. The number of aromatic amines is 1. The molecule has 146 valence electrons. The molecule has 0 spiro atoms. The molecule has 1 aromatic heterocycles. The molecule has 0 aliphatic carbocycles. The Morgan fingerprint density at radius 2 is 2.07 bits per heavy atom. The summed E-state index contributed by atoms with van der Waals surface area (Å²) in [6.45, 7) is 5.00. The highest BCUT2D eigenvalue weighted by molar-refractivity contribution is 7.92. The van der Waals surface area contributed by atoms with Crippen molar-refractivity contribution in [3.63, 3.8) is 0 Å². The molecule has 0 bridgehead atoms. The maximum atomic E-state index is 13.7. The monoisotopic (exact) mass is 394 g/mol. The van der Waals surface area contributed by atoms with E-state index in [1.165, 1.54) is 30.5 Å². The molecular weight excluding hydrogens is 371 g/mol. The summed E-state index contributed by atoms with van der Waals surface area (Å²) < 4.78 is 40.8. The number of nitrogens with zero attached hydrogens (tertiary/aromatic N) is 1. The molecule has 1 aliphatic rings. The predicted molar refractivity (Wildman–Crippen MR) is 100 cm³/mol. The number of amides is 1. The van der Waals surface area contributed by atoms with Crippen LogP contribution in [0.15, 0.2) is 41.4 Å².